The van der Waals surface area contributed by atoms with Gasteiger partial charge in [-0.1, -0.05) is 0 Å². The Morgan fingerprint density at radius 3 is 2.41 bits per heavy atom. The maximum Gasteiger partial charge on any atom is 0.497 e. The molecule has 2 aliphatic rings. The molecule has 9 heteroatoms. The molecule has 0 bridgehead atoms. The monoisotopic (exact) mass is 251 g/mol. The number of nitrogens with zero attached hydrogens (tertiary/aromatic N) is 1. The van der Waals surface area contributed by atoms with Crippen LogP contribution in [0, 0.1) is 0 Å². The molecule has 0 atom stereocenters. The van der Waals surface area contributed by atoms with Crippen molar-refractivity contribution in [3.63, 3.8) is 0 Å². The predicted molar refractivity (Wildman–Crippen MR) is 52.1 cm³/mol. The van der Waals surface area contributed by atoms with E-state index in [4.69, 9.17) is 4.74 Å². The fourth-order valence-electron chi connectivity index (χ4n) is 2.11. The Morgan fingerprint density at radius 2 is 1.88 bits per heavy atom. The number of hydrogen-bond donors (Lipinski definition) is 1. The van der Waals surface area contributed by atoms with Gasteiger partial charge in [0.2, 0.25) is 0 Å². The van der Waals surface area contributed by atoms with Gasteiger partial charge in [0.05, 0.1) is 0 Å². The second-order valence-corrected chi connectivity index (χ2v) is 4.25. The average molecular weight is 251 g/mol. The summed E-state index contributed by atoms with van der Waals surface area (Å²) in [5.74, 6) is -0.787. The molecule has 2 saturated heterocycles. The summed E-state index contributed by atoms with van der Waals surface area (Å²) in [4.78, 5) is 23.5. The molecule has 0 aliphatic carbocycles. The summed E-state index contributed by atoms with van der Waals surface area (Å²) >= 11 is 0. The third-order valence-corrected chi connectivity index (χ3v) is 2.98. The van der Waals surface area contributed by atoms with Crippen molar-refractivity contribution in [2.24, 2.45) is 0 Å². The van der Waals surface area contributed by atoms with Crippen LogP contribution >= 0.6 is 0 Å². The van der Waals surface area contributed by atoms with Crippen molar-refractivity contribution in [3.05, 3.63) is 0 Å². The molecule has 0 aromatic rings. The van der Waals surface area contributed by atoms with Gasteiger partial charge in [-0.05, 0) is 0 Å². The van der Waals surface area contributed by atoms with E-state index in [0.717, 1.165) is 0 Å². The van der Waals surface area contributed by atoms with Crippen LogP contribution in [0.1, 0.15) is 12.8 Å². The van der Waals surface area contributed by atoms with E-state index < -0.39 is 30.9 Å². The van der Waals surface area contributed by atoms with Crippen LogP contribution in [-0.4, -0.2) is 49.0 Å². The van der Waals surface area contributed by atoms with Gasteiger partial charge in [-0.25, -0.2) is 4.79 Å². The van der Waals surface area contributed by atoms with Gasteiger partial charge in [0.1, 0.15) is 5.54 Å². The Hall–Kier alpha value is -1.25. The third kappa shape index (κ3) is 2.24. The van der Waals surface area contributed by atoms with Crippen LogP contribution in [-0.2, 0) is 9.53 Å². The molecule has 0 saturated carbocycles. The smallest absolute Gasteiger partial charge is 0.448 e. The number of urea groups is 1. The Morgan fingerprint density at radius 1 is 1.29 bits per heavy atom. The van der Waals surface area contributed by atoms with Crippen LogP contribution < -0.4 is 5.32 Å². The van der Waals surface area contributed by atoms with E-state index in [1.54, 1.807) is 0 Å². The lowest BCUT2D eigenvalue weighted by Crippen LogP contribution is -2.51. The zero-order valence-corrected chi connectivity index (χ0v) is 8.92. The second kappa shape index (κ2) is 3.90. The lowest BCUT2D eigenvalue weighted by Gasteiger charge is -2.31. The number of amides is 3. The van der Waals surface area contributed by atoms with E-state index in [1.165, 1.54) is 0 Å². The first-order chi connectivity index (χ1) is 7.84. The molecule has 2 rings (SSSR count). The van der Waals surface area contributed by atoms with Crippen molar-refractivity contribution < 1.29 is 27.3 Å². The molecular formula is C8H11BF3N2O3-. The zero-order chi connectivity index (χ0) is 12.7. The topological polar surface area (TPSA) is 58.6 Å². The summed E-state index contributed by atoms with van der Waals surface area (Å²) in [7, 11) is 0. The van der Waals surface area contributed by atoms with E-state index in [2.05, 4.69) is 5.32 Å². The Labute approximate surface area is 95.3 Å². The molecule has 2 fully saturated rings. The van der Waals surface area contributed by atoms with Gasteiger partial charge in [-0.15, -0.1) is 0 Å². The largest absolute Gasteiger partial charge is 0.497 e. The van der Waals surface area contributed by atoms with E-state index in [1.807, 2.05) is 0 Å². The molecule has 5 nitrogen and oxygen atoms in total. The summed E-state index contributed by atoms with van der Waals surface area (Å²) in [5.41, 5.74) is -1.18. The van der Waals surface area contributed by atoms with E-state index in [-0.39, 0.29) is 31.0 Å². The number of rotatable bonds is 2. The Bertz CT molecular complexity index is 354. The molecule has 3 amide bonds. The number of imide groups is 1. The molecule has 17 heavy (non-hydrogen) atoms. The van der Waals surface area contributed by atoms with Crippen LogP contribution in [0.15, 0.2) is 0 Å². The summed E-state index contributed by atoms with van der Waals surface area (Å²) in [6, 6.07) is -0.962. The molecule has 0 aromatic carbocycles. The van der Waals surface area contributed by atoms with Crippen molar-refractivity contribution in [2.45, 2.75) is 18.4 Å². The fraction of sp³-hybridized carbons (Fsp3) is 0.750. The van der Waals surface area contributed by atoms with Gasteiger partial charge in [-0.2, -0.15) is 0 Å². The highest BCUT2D eigenvalue weighted by Crippen LogP contribution is 2.29. The highest BCUT2D eigenvalue weighted by molar-refractivity contribution is 6.59. The maximum absolute atomic E-state index is 12.3. The molecule has 0 radical (unpaired) electrons. The number of hydrogen-bond acceptors (Lipinski definition) is 3. The van der Waals surface area contributed by atoms with Crippen LogP contribution in [0.2, 0.25) is 0 Å². The highest BCUT2D eigenvalue weighted by atomic mass is 19.4. The number of carbonyl (C=O) groups excluding carboxylic acids is 2. The molecule has 1 N–H and O–H groups in total. The van der Waals surface area contributed by atoms with Crippen molar-refractivity contribution in [1.82, 2.24) is 10.2 Å². The summed E-state index contributed by atoms with van der Waals surface area (Å²) in [5, 5.41) is 2.36. The van der Waals surface area contributed by atoms with Crippen molar-refractivity contribution in [2.75, 3.05) is 19.7 Å². The first-order valence-corrected chi connectivity index (χ1v) is 5.27. The normalized spacial score (nSPS) is 24.3. The molecule has 0 unspecified atom stereocenters. The summed E-state index contributed by atoms with van der Waals surface area (Å²) in [6.45, 7) is -4.68. The van der Waals surface area contributed by atoms with Gasteiger partial charge in [0.15, 0.2) is 0 Å². The van der Waals surface area contributed by atoms with E-state index >= 15 is 0 Å². The van der Waals surface area contributed by atoms with Crippen LogP contribution in [0.4, 0.5) is 17.7 Å². The zero-order valence-electron chi connectivity index (χ0n) is 8.92. The van der Waals surface area contributed by atoms with Crippen molar-refractivity contribution >= 4 is 18.9 Å². The number of ether oxygens (including phenoxy) is 1. The summed E-state index contributed by atoms with van der Waals surface area (Å²) < 4.78 is 41.9. The minimum atomic E-state index is -5.21. The molecule has 2 heterocycles. The van der Waals surface area contributed by atoms with Gasteiger partial charge in [-0.3, -0.25) is 9.69 Å². The highest BCUT2D eigenvalue weighted by Gasteiger charge is 2.52. The first-order valence-electron chi connectivity index (χ1n) is 5.27. The van der Waals surface area contributed by atoms with Crippen LogP contribution in [0.5, 0.6) is 0 Å². The standard InChI is InChI=1S/C8H11BF3N2O3/c10-9(11,12)5-14-6(15)8(13-7(14)16)1-3-17-4-2-8/h1-5H2,(H,13,16)/q-1. The van der Waals surface area contributed by atoms with Crippen molar-refractivity contribution in [1.29, 1.82) is 0 Å². The second-order valence-electron chi connectivity index (χ2n) is 4.25. The first kappa shape index (κ1) is 12.2. The third-order valence-electron chi connectivity index (χ3n) is 2.98. The summed E-state index contributed by atoms with van der Waals surface area (Å²) in [6.07, 6.45) is -1.04. The molecule has 96 valence electrons. The lowest BCUT2D eigenvalue weighted by atomic mass is 9.87. The number of halogens is 3. The minimum absolute atomic E-state index is 0.221. The van der Waals surface area contributed by atoms with Crippen LogP contribution in [0.3, 0.4) is 0 Å². The van der Waals surface area contributed by atoms with Gasteiger partial charge >= 0.3 is 13.0 Å². The van der Waals surface area contributed by atoms with Gasteiger partial charge < -0.3 is 23.0 Å². The number of nitrogens with one attached hydrogen (secondary N) is 1. The number of carbonyl (C=O) groups is 2. The van der Waals surface area contributed by atoms with Gasteiger partial charge in [0, 0.05) is 32.5 Å². The minimum Gasteiger partial charge on any atom is -0.448 e. The SMILES string of the molecule is O=C1NC2(CCOCC2)C(=O)N1C[B-](F)(F)F. The quantitative estimate of drug-likeness (QED) is 0.573. The molecular weight excluding hydrogens is 240 g/mol. The van der Waals surface area contributed by atoms with E-state index in [9.17, 15) is 22.5 Å². The molecule has 0 aromatic heterocycles. The predicted octanol–water partition coefficient (Wildman–Crippen LogP) is 0.474. The van der Waals surface area contributed by atoms with Gasteiger partial charge in [0.25, 0.3) is 5.91 Å². The van der Waals surface area contributed by atoms with Crippen LogP contribution in [0.25, 0.3) is 0 Å². The van der Waals surface area contributed by atoms with Crippen molar-refractivity contribution in [3.8, 4) is 0 Å². The van der Waals surface area contributed by atoms with E-state index in [0.29, 0.717) is 0 Å². The Kier molecular flexibility index (Phi) is 2.80. The average Bonchev–Trinajstić information content (AvgIpc) is 2.43. The fourth-order valence-corrected chi connectivity index (χ4v) is 2.11. The molecule has 1 spiro atoms. The maximum atomic E-state index is 12.3. The molecule has 2 aliphatic heterocycles. The Balaban J connectivity index is 2.16. The lowest BCUT2D eigenvalue weighted by molar-refractivity contribution is -0.134.